The van der Waals surface area contributed by atoms with Crippen molar-refractivity contribution in [2.75, 3.05) is 32.7 Å². The van der Waals surface area contributed by atoms with Gasteiger partial charge in [-0.2, -0.15) is 0 Å². The molecule has 0 saturated carbocycles. The van der Waals surface area contributed by atoms with E-state index in [9.17, 15) is 4.79 Å². The Hall–Kier alpha value is -0.610. The lowest BCUT2D eigenvalue weighted by Crippen LogP contribution is -2.49. The minimum absolute atomic E-state index is 0.136. The molecule has 0 bridgehead atoms. The van der Waals surface area contributed by atoms with E-state index in [-0.39, 0.29) is 17.4 Å². The molecule has 2 rings (SSSR count). The summed E-state index contributed by atoms with van der Waals surface area (Å²) in [6.07, 6.45) is 3.81. The van der Waals surface area contributed by atoms with Crippen molar-refractivity contribution >= 4 is 5.91 Å². The first kappa shape index (κ1) is 14.8. The summed E-state index contributed by atoms with van der Waals surface area (Å²) >= 11 is 0. The van der Waals surface area contributed by atoms with Gasteiger partial charge in [0.15, 0.2) is 0 Å². The fourth-order valence-corrected chi connectivity index (χ4v) is 3.08. The predicted molar refractivity (Wildman–Crippen MR) is 77.8 cm³/mol. The quantitative estimate of drug-likeness (QED) is 0.838. The van der Waals surface area contributed by atoms with Crippen LogP contribution < -0.4 is 5.73 Å². The van der Waals surface area contributed by atoms with Crippen LogP contribution in [0, 0.1) is 11.3 Å². The van der Waals surface area contributed by atoms with Gasteiger partial charge in [-0.25, -0.2) is 0 Å². The van der Waals surface area contributed by atoms with E-state index in [1.54, 1.807) is 0 Å². The van der Waals surface area contributed by atoms with E-state index >= 15 is 0 Å². The van der Waals surface area contributed by atoms with E-state index in [1.807, 2.05) is 25.7 Å². The number of hydrogen-bond donors (Lipinski definition) is 1. The molecule has 0 spiro atoms. The lowest BCUT2D eigenvalue weighted by Gasteiger charge is -2.30. The highest BCUT2D eigenvalue weighted by Crippen LogP contribution is 2.24. The molecular weight excluding hydrogens is 238 g/mol. The van der Waals surface area contributed by atoms with Crippen molar-refractivity contribution in [1.29, 1.82) is 0 Å². The summed E-state index contributed by atoms with van der Waals surface area (Å²) in [6, 6.07) is -0.377. The van der Waals surface area contributed by atoms with Gasteiger partial charge in [-0.15, -0.1) is 0 Å². The SMILES string of the molecule is CC(C)(C)[C@H](N)C(=O)N1CCC(CN2CCCC2)C1. The van der Waals surface area contributed by atoms with E-state index in [0.29, 0.717) is 5.92 Å². The van der Waals surface area contributed by atoms with Gasteiger partial charge in [0, 0.05) is 19.6 Å². The molecular formula is C15H29N3O. The standard InChI is InChI=1S/C15H29N3O/c1-15(2,3)13(16)14(19)18-9-6-12(11-18)10-17-7-4-5-8-17/h12-13H,4-11,16H2,1-3H3/t12?,13-/m1/s1. The van der Waals surface area contributed by atoms with Crippen LogP contribution in [0.4, 0.5) is 0 Å². The molecule has 2 aliphatic rings. The number of likely N-dealkylation sites (tertiary alicyclic amines) is 2. The molecule has 0 aromatic carbocycles. The molecule has 2 saturated heterocycles. The summed E-state index contributed by atoms with van der Waals surface area (Å²) < 4.78 is 0. The zero-order valence-corrected chi connectivity index (χ0v) is 12.7. The normalized spacial score (nSPS) is 26.9. The fourth-order valence-electron chi connectivity index (χ4n) is 3.08. The minimum atomic E-state index is -0.377. The maximum absolute atomic E-state index is 12.4. The maximum atomic E-state index is 12.4. The Morgan fingerprint density at radius 2 is 1.89 bits per heavy atom. The molecule has 0 aromatic rings. The van der Waals surface area contributed by atoms with Gasteiger partial charge in [-0.3, -0.25) is 4.79 Å². The van der Waals surface area contributed by atoms with E-state index < -0.39 is 0 Å². The Morgan fingerprint density at radius 3 is 2.47 bits per heavy atom. The van der Waals surface area contributed by atoms with Gasteiger partial charge in [-0.05, 0) is 43.7 Å². The third kappa shape index (κ3) is 3.69. The van der Waals surface area contributed by atoms with Crippen molar-refractivity contribution in [3.63, 3.8) is 0 Å². The van der Waals surface area contributed by atoms with Crippen LogP contribution in [-0.4, -0.2) is 54.5 Å². The van der Waals surface area contributed by atoms with E-state index in [4.69, 9.17) is 5.73 Å². The van der Waals surface area contributed by atoms with E-state index in [2.05, 4.69) is 4.90 Å². The lowest BCUT2D eigenvalue weighted by molar-refractivity contribution is -0.134. The summed E-state index contributed by atoms with van der Waals surface area (Å²) in [5.74, 6) is 0.783. The van der Waals surface area contributed by atoms with E-state index in [1.165, 1.54) is 25.9 Å². The van der Waals surface area contributed by atoms with Gasteiger partial charge >= 0.3 is 0 Å². The highest BCUT2D eigenvalue weighted by Gasteiger charge is 2.35. The number of carbonyl (C=O) groups is 1. The van der Waals surface area contributed by atoms with Gasteiger partial charge in [0.25, 0.3) is 0 Å². The summed E-state index contributed by atoms with van der Waals surface area (Å²) in [5, 5.41) is 0. The third-order valence-corrected chi connectivity index (χ3v) is 4.51. The fraction of sp³-hybridized carbons (Fsp3) is 0.933. The summed E-state index contributed by atoms with van der Waals surface area (Å²) in [5.41, 5.74) is 5.93. The number of hydrogen-bond acceptors (Lipinski definition) is 3. The van der Waals surface area contributed by atoms with Gasteiger partial charge < -0.3 is 15.5 Å². The van der Waals surface area contributed by atoms with Gasteiger partial charge in [0.05, 0.1) is 6.04 Å². The predicted octanol–water partition coefficient (Wildman–Crippen LogP) is 1.30. The van der Waals surface area contributed by atoms with Crippen LogP contribution in [0.15, 0.2) is 0 Å². The average molecular weight is 267 g/mol. The molecule has 4 heteroatoms. The van der Waals surface area contributed by atoms with Crippen molar-refractivity contribution in [3.05, 3.63) is 0 Å². The Labute approximate surface area is 117 Å². The van der Waals surface area contributed by atoms with Crippen molar-refractivity contribution in [1.82, 2.24) is 9.80 Å². The first-order chi connectivity index (χ1) is 8.88. The van der Waals surface area contributed by atoms with Gasteiger partial charge in [-0.1, -0.05) is 20.8 Å². The molecule has 2 aliphatic heterocycles. The number of nitrogens with zero attached hydrogens (tertiary/aromatic N) is 2. The van der Waals surface area contributed by atoms with Crippen LogP contribution in [0.2, 0.25) is 0 Å². The van der Waals surface area contributed by atoms with Crippen LogP contribution in [0.1, 0.15) is 40.0 Å². The first-order valence-electron chi connectivity index (χ1n) is 7.64. The van der Waals surface area contributed by atoms with Crippen LogP contribution in [0.25, 0.3) is 0 Å². The van der Waals surface area contributed by atoms with Crippen LogP contribution >= 0.6 is 0 Å². The molecule has 2 N–H and O–H groups in total. The lowest BCUT2D eigenvalue weighted by atomic mass is 9.86. The Balaban J connectivity index is 1.82. The molecule has 0 aromatic heterocycles. The monoisotopic (exact) mass is 267 g/mol. The summed E-state index contributed by atoms with van der Waals surface area (Å²) in [7, 11) is 0. The zero-order chi connectivity index (χ0) is 14.0. The molecule has 4 nitrogen and oxygen atoms in total. The van der Waals surface area contributed by atoms with Crippen LogP contribution in [0.3, 0.4) is 0 Å². The zero-order valence-electron chi connectivity index (χ0n) is 12.7. The summed E-state index contributed by atoms with van der Waals surface area (Å²) in [4.78, 5) is 16.9. The Bertz CT molecular complexity index is 318. The molecule has 2 heterocycles. The minimum Gasteiger partial charge on any atom is -0.341 e. The highest BCUT2D eigenvalue weighted by atomic mass is 16.2. The first-order valence-corrected chi connectivity index (χ1v) is 7.64. The number of carbonyl (C=O) groups excluding carboxylic acids is 1. The molecule has 19 heavy (non-hydrogen) atoms. The maximum Gasteiger partial charge on any atom is 0.240 e. The molecule has 1 amide bonds. The van der Waals surface area contributed by atoms with Gasteiger partial charge in [0.2, 0.25) is 5.91 Å². The van der Waals surface area contributed by atoms with Crippen molar-refractivity contribution in [2.24, 2.45) is 17.1 Å². The number of nitrogens with two attached hydrogens (primary N) is 1. The smallest absolute Gasteiger partial charge is 0.240 e. The van der Waals surface area contributed by atoms with Gasteiger partial charge in [0.1, 0.15) is 0 Å². The van der Waals surface area contributed by atoms with E-state index in [0.717, 1.165) is 26.1 Å². The van der Waals surface area contributed by atoms with Crippen molar-refractivity contribution in [2.45, 2.75) is 46.1 Å². The topological polar surface area (TPSA) is 49.6 Å². The van der Waals surface area contributed by atoms with Crippen LogP contribution in [-0.2, 0) is 4.79 Å². The highest BCUT2D eigenvalue weighted by molar-refractivity contribution is 5.82. The Kier molecular flexibility index (Phi) is 4.51. The average Bonchev–Trinajstić information content (AvgIpc) is 2.98. The second-order valence-electron chi connectivity index (χ2n) is 7.29. The van der Waals surface area contributed by atoms with Crippen molar-refractivity contribution in [3.8, 4) is 0 Å². The third-order valence-electron chi connectivity index (χ3n) is 4.51. The van der Waals surface area contributed by atoms with Crippen LogP contribution in [0.5, 0.6) is 0 Å². The largest absolute Gasteiger partial charge is 0.341 e. The molecule has 0 radical (unpaired) electrons. The molecule has 2 fully saturated rings. The second kappa shape index (κ2) is 5.80. The molecule has 110 valence electrons. The number of rotatable bonds is 3. The molecule has 2 atom stereocenters. The number of amides is 1. The Morgan fingerprint density at radius 1 is 1.26 bits per heavy atom. The van der Waals surface area contributed by atoms with Crippen molar-refractivity contribution < 1.29 is 4.79 Å². The summed E-state index contributed by atoms with van der Waals surface area (Å²) in [6.45, 7) is 11.5. The molecule has 1 unspecified atom stereocenters. The second-order valence-corrected chi connectivity index (χ2v) is 7.29. The molecule has 0 aliphatic carbocycles.